The number of nitro groups is 1. The quantitative estimate of drug-likeness (QED) is 0.368. The molecule has 0 aromatic heterocycles. The zero-order chi connectivity index (χ0) is 14.6. The average molecular weight is 275 g/mol. The van der Waals surface area contributed by atoms with E-state index in [0.29, 0.717) is 12.1 Å². The Kier molecular flexibility index (Phi) is 4.26. The molecule has 5 nitrogen and oxygen atoms in total. The maximum atomic E-state index is 12.5. The first-order valence-corrected chi connectivity index (χ1v) is 4.86. The number of nitro benzene ring substituents is 1. The van der Waals surface area contributed by atoms with Crippen LogP contribution in [0.15, 0.2) is 24.3 Å². The van der Waals surface area contributed by atoms with Gasteiger partial charge in [0, 0.05) is 18.2 Å². The largest absolute Gasteiger partial charge is 0.466 e. The predicted octanol–water partition coefficient (Wildman–Crippen LogP) is 2.80. The first-order valence-electron chi connectivity index (χ1n) is 4.86. The summed E-state index contributed by atoms with van der Waals surface area (Å²) in [6.45, 7) is 0. The van der Waals surface area contributed by atoms with Crippen molar-refractivity contribution >= 4 is 17.7 Å². The number of halogens is 3. The molecule has 0 spiro atoms. The molecule has 0 heterocycles. The van der Waals surface area contributed by atoms with Crippen LogP contribution in [0.1, 0.15) is 11.1 Å². The Labute approximate surface area is 105 Å². The Morgan fingerprint density at radius 1 is 1.37 bits per heavy atom. The molecular weight excluding hydrogens is 267 g/mol. The van der Waals surface area contributed by atoms with E-state index < -0.39 is 28.3 Å². The molecule has 1 aromatic carbocycles. The smallest absolute Gasteiger partial charge is 0.416 e. The number of alkyl halides is 3. The van der Waals surface area contributed by atoms with Gasteiger partial charge in [-0.15, -0.1) is 0 Å². The van der Waals surface area contributed by atoms with Gasteiger partial charge < -0.3 is 4.74 Å². The molecule has 19 heavy (non-hydrogen) atoms. The highest BCUT2D eigenvalue weighted by molar-refractivity contribution is 5.87. The SMILES string of the molecule is COC(=O)C=Cc1cc([N+](=O)[O-])cc(C(F)(F)F)c1. The van der Waals surface area contributed by atoms with Gasteiger partial charge in [0.15, 0.2) is 0 Å². The highest BCUT2D eigenvalue weighted by Gasteiger charge is 2.32. The normalized spacial score (nSPS) is 11.6. The summed E-state index contributed by atoms with van der Waals surface area (Å²) in [7, 11) is 1.10. The molecular formula is C11H8F3NO4. The molecule has 0 atom stereocenters. The van der Waals surface area contributed by atoms with Crippen molar-refractivity contribution in [2.45, 2.75) is 6.18 Å². The first-order chi connectivity index (χ1) is 8.74. The second-order valence-corrected chi connectivity index (χ2v) is 3.42. The molecule has 0 unspecified atom stereocenters. The van der Waals surface area contributed by atoms with Crippen molar-refractivity contribution < 1.29 is 27.6 Å². The van der Waals surface area contributed by atoms with Crippen molar-refractivity contribution in [1.29, 1.82) is 0 Å². The lowest BCUT2D eigenvalue weighted by Crippen LogP contribution is -2.06. The summed E-state index contributed by atoms with van der Waals surface area (Å²) in [5, 5.41) is 10.5. The molecule has 0 aliphatic carbocycles. The van der Waals surface area contributed by atoms with Gasteiger partial charge in [-0.25, -0.2) is 4.79 Å². The highest BCUT2D eigenvalue weighted by atomic mass is 19.4. The third-order valence-corrected chi connectivity index (χ3v) is 2.09. The lowest BCUT2D eigenvalue weighted by molar-refractivity contribution is -0.385. The van der Waals surface area contributed by atoms with Crippen LogP contribution in [0.5, 0.6) is 0 Å². The summed E-state index contributed by atoms with van der Waals surface area (Å²) < 4.78 is 41.9. The predicted molar refractivity (Wildman–Crippen MR) is 59.1 cm³/mol. The van der Waals surface area contributed by atoms with Crippen molar-refractivity contribution in [3.05, 3.63) is 45.5 Å². The molecule has 0 saturated heterocycles. The van der Waals surface area contributed by atoms with Crippen molar-refractivity contribution in [2.24, 2.45) is 0 Å². The highest BCUT2D eigenvalue weighted by Crippen LogP contribution is 2.32. The van der Waals surface area contributed by atoms with Gasteiger partial charge in [0.25, 0.3) is 5.69 Å². The van der Waals surface area contributed by atoms with E-state index in [1.165, 1.54) is 0 Å². The fourth-order valence-corrected chi connectivity index (χ4v) is 1.23. The molecule has 0 N–H and O–H groups in total. The standard InChI is InChI=1S/C11H8F3NO4/c1-19-10(16)3-2-7-4-8(11(12,13)14)6-9(5-7)15(17)18/h2-6H,1H3. The molecule has 102 valence electrons. The summed E-state index contributed by atoms with van der Waals surface area (Å²) in [5.74, 6) is -0.778. The third kappa shape index (κ3) is 4.09. The van der Waals surface area contributed by atoms with Crippen LogP contribution >= 0.6 is 0 Å². The number of rotatable bonds is 3. The van der Waals surface area contributed by atoms with E-state index in [0.717, 1.165) is 25.3 Å². The van der Waals surface area contributed by atoms with Crippen LogP contribution in [0.4, 0.5) is 18.9 Å². The monoisotopic (exact) mass is 275 g/mol. The Bertz CT molecular complexity index is 537. The average Bonchev–Trinajstić information content (AvgIpc) is 2.34. The summed E-state index contributed by atoms with van der Waals surface area (Å²) >= 11 is 0. The van der Waals surface area contributed by atoms with Crippen LogP contribution in [0.2, 0.25) is 0 Å². The van der Waals surface area contributed by atoms with Gasteiger partial charge in [0.1, 0.15) is 0 Å². The second kappa shape index (κ2) is 5.51. The summed E-state index contributed by atoms with van der Waals surface area (Å²) in [6.07, 6.45) is -2.83. The maximum Gasteiger partial charge on any atom is 0.416 e. The Morgan fingerprint density at radius 3 is 2.47 bits per heavy atom. The lowest BCUT2D eigenvalue weighted by Gasteiger charge is -2.07. The van der Waals surface area contributed by atoms with Gasteiger partial charge in [0.2, 0.25) is 0 Å². The zero-order valence-corrected chi connectivity index (χ0v) is 9.60. The topological polar surface area (TPSA) is 69.4 Å². The Hall–Kier alpha value is -2.38. The lowest BCUT2D eigenvalue weighted by atomic mass is 10.1. The second-order valence-electron chi connectivity index (χ2n) is 3.42. The maximum absolute atomic E-state index is 12.5. The number of ether oxygens (including phenoxy) is 1. The van der Waals surface area contributed by atoms with Crippen molar-refractivity contribution in [1.82, 2.24) is 0 Å². The van der Waals surface area contributed by atoms with Gasteiger partial charge in [0.05, 0.1) is 17.6 Å². The molecule has 0 aliphatic rings. The van der Waals surface area contributed by atoms with Crippen molar-refractivity contribution in [3.63, 3.8) is 0 Å². The molecule has 0 bridgehead atoms. The van der Waals surface area contributed by atoms with Crippen LogP contribution < -0.4 is 0 Å². The zero-order valence-electron chi connectivity index (χ0n) is 9.60. The third-order valence-electron chi connectivity index (χ3n) is 2.09. The summed E-state index contributed by atoms with van der Waals surface area (Å²) in [4.78, 5) is 20.4. The van der Waals surface area contributed by atoms with Gasteiger partial charge in [-0.1, -0.05) is 0 Å². The van der Waals surface area contributed by atoms with E-state index in [1.807, 2.05) is 0 Å². The van der Waals surface area contributed by atoms with E-state index in [-0.39, 0.29) is 5.56 Å². The minimum absolute atomic E-state index is 0.119. The summed E-state index contributed by atoms with van der Waals surface area (Å²) in [5.41, 5.74) is -1.99. The fourth-order valence-electron chi connectivity index (χ4n) is 1.23. The fraction of sp³-hybridized carbons (Fsp3) is 0.182. The molecule has 0 fully saturated rings. The van der Waals surface area contributed by atoms with Crippen molar-refractivity contribution in [3.8, 4) is 0 Å². The van der Waals surface area contributed by atoms with Crippen LogP contribution in [0.25, 0.3) is 6.08 Å². The van der Waals surface area contributed by atoms with Crippen LogP contribution in [-0.2, 0) is 15.7 Å². The van der Waals surface area contributed by atoms with Crippen LogP contribution in [-0.4, -0.2) is 18.0 Å². The number of benzene rings is 1. The molecule has 0 amide bonds. The molecule has 8 heteroatoms. The van der Waals surface area contributed by atoms with Gasteiger partial charge in [-0.3, -0.25) is 10.1 Å². The van der Waals surface area contributed by atoms with Crippen LogP contribution in [0.3, 0.4) is 0 Å². The minimum atomic E-state index is -4.71. The van der Waals surface area contributed by atoms with E-state index in [1.54, 1.807) is 0 Å². The van der Waals surface area contributed by atoms with E-state index in [4.69, 9.17) is 0 Å². The van der Waals surface area contributed by atoms with Gasteiger partial charge >= 0.3 is 12.1 Å². The Balaban J connectivity index is 3.25. The number of nitrogens with zero attached hydrogens (tertiary/aromatic N) is 1. The number of carbonyl (C=O) groups is 1. The molecule has 1 rings (SSSR count). The minimum Gasteiger partial charge on any atom is -0.466 e. The molecule has 0 radical (unpaired) electrons. The molecule has 1 aromatic rings. The number of non-ortho nitro benzene ring substituents is 1. The van der Waals surface area contributed by atoms with E-state index in [9.17, 15) is 28.1 Å². The number of esters is 1. The first kappa shape index (κ1) is 14.7. The number of hydrogen-bond donors (Lipinski definition) is 0. The molecule has 0 saturated carbocycles. The number of carbonyl (C=O) groups excluding carboxylic acids is 1. The van der Waals surface area contributed by atoms with Crippen molar-refractivity contribution in [2.75, 3.05) is 7.11 Å². The number of hydrogen-bond acceptors (Lipinski definition) is 4. The number of methoxy groups -OCH3 is 1. The van der Waals surface area contributed by atoms with Gasteiger partial charge in [-0.05, 0) is 17.7 Å². The van der Waals surface area contributed by atoms with E-state index in [2.05, 4.69) is 4.74 Å². The van der Waals surface area contributed by atoms with Crippen LogP contribution in [0, 0.1) is 10.1 Å². The Morgan fingerprint density at radius 2 is 2.00 bits per heavy atom. The van der Waals surface area contributed by atoms with E-state index >= 15 is 0 Å². The van der Waals surface area contributed by atoms with Gasteiger partial charge in [-0.2, -0.15) is 13.2 Å². The summed E-state index contributed by atoms with van der Waals surface area (Å²) in [6, 6.07) is 2.05. The molecule has 0 aliphatic heterocycles.